The molecule has 1 aromatic heterocycles. The summed E-state index contributed by atoms with van der Waals surface area (Å²) in [5.41, 5.74) is 5.57. The standard InChI is InChI=1S/C29H25N3O5/c1-17-5-3-4-6-23(17)32-29(37-18(2)33)26(27(31-32)20-7-8-20)19-9-12-22(13-10-19)30-28(34)21-11-14-24-25(15-21)36-16-35-24/h3-6,9-15,20H,7-8,16H2,1-2H3,(H,30,34). The zero-order chi connectivity index (χ0) is 25.5. The molecule has 6 rings (SSSR count). The molecule has 1 fully saturated rings. The number of esters is 1. The van der Waals surface area contributed by atoms with Gasteiger partial charge in [0, 0.05) is 24.1 Å². The van der Waals surface area contributed by atoms with Gasteiger partial charge in [0.1, 0.15) is 0 Å². The Balaban J connectivity index is 1.34. The third kappa shape index (κ3) is 4.42. The van der Waals surface area contributed by atoms with Gasteiger partial charge in [-0.1, -0.05) is 30.3 Å². The van der Waals surface area contributed by atoms with E-state index in [1.807, 2.05) is 55.5 Å². The van der Waals surface area contributed by atoms with Gasteiger partial charge >= 0.3 is 5.97 Å². The first-order chi connectivity index (χ1) is 18.0. The number of carbonyl (C=O) groups is 2. The molecule has 0 spiro atoms. The Morgan fingerprint density at radius 2 is 1.76 bits per heavy atom. The lowest BCUT2D eigenvalue weighted by molar-refractivity contribution is -0.132. The van der Waals surface area contributed by atoms with Crippen molar-refractivity contribution in [3.8, 4) is 34.2 Å². The highest BCUT2D eigenvalue weighted by atomic mass is 16.7. The normalized spacial score (nSPS) is 13.9. The smallest absolute Gasteiger partial charge is 0.309 e. The van der Waals surface area contributed by atoms with Gasteiger partial charge in [-0.2, -0.15) is 9.78 Å². The van der Waals surface area contributed by atoms with E-state index in [9.17, 15) is 9.59 Å². The van der Waals surface area contributed by atoms with Crippen LogP contribution < -0.4 is 19.5 Å². The number of carbonyl (C=O) groups excluding carboxylic acids is 2. The fourth-order valence-corrected chi connectivity index (χ4v) is 4.49. The Kier molecular flexibility index (Phi) is 5.64. The van der Waals surface area contributed by atoms with Crippen LogP contribution in [0.1, 0.15) is 47.3 Å². The van der Waals surface area contributed by atoms with E-state index in [-0.39, 0.29) is 12.7 Å². The van der Waals surface area contributed by atoms with E-state index >= 15 is 0 Å². The quantitative estimate of drug-likeness (QED) is 0.349. The predicted molar refractivity (Wildman–Crippen MR) is 138 cm³/mol. The Labute approximate surface area is 213 Å². The molecule has 37 heavy (non-hydrogen) atoms. The molecular weight excluding hydrogens is 470 g/mol. The number of ether oxygens (including phenoxy) is 3. The van der Waals surface area contributed by atoms with E-state index in [1.54, 1.807) is 22.9 Å². The van der Waals surface area contributed by atoms with Crippen LogP contribution in [0.3, 0.4) is 0 Å². The van der Waals surface area contributed by atoms with Gasteiger partial charge < -0.3 is 19.5 Å². The second-order valence-electron chi connectivity index (χ2n) is 9.23. The monoisotopic (exact) mass is 495 g/mol. The van der Waals surface area contributed by atoms with Crippen LogP contribution in [0.25, 0.3) is 16.8 Å². The summed E-state index contributed by atoms with van der Waals surface area (Å²) in [7, 11) is 0. The highest BCUT2D eigenvalue weighted by Crippen LogP contribution is 2.48. The van der Waals surface area contributed by atoms with Crippen LogP contribution in [0, 0.1) is 6.92 Å². The first-order valence-electron chi connectivity index (χ1n) is 12.2. The fourth-order valence-electron chi connectivity index (χ4n) is 4.49. The summed E-state index contributed by atoms with van der Waals surface area (Å²) in [5, 5.41) is 7.84. The number of hydrogen-bond donors (Lipinski definition) is 1. The van der Waals surface area contributed by atoms with Gasteiger partial charge in [-0.25, -0.2) is 0 Å². The molecule has 1 aliphatic carbocycles. The van der Waals surface area contributed by atoms with Crippen LogP contribution in [-0.2, 0) is 4.79 Å². The number of nitrogens with one attached hydrogen (secondary N) is 1. The maximum atomic E-state index is 12.8. The van der Waals surface area contributed by atoms with Gasteiger partial charge in [0.05, 0.1) is 16.9 Å². The first-order valence-corrected chi connectivity index (χ1v) is 12.2. The zero-order valence-corrected chi connectivity index (χ0v) is 20.5. The second-order valence-corrected chi connectivity index (χ2v) is 9.23. The minimum atomic E-state index is -0.411. The topological polar surface area (TPSA) is 91.7 Å². The molecule has 3 aromatic carbocycles. The summed E-state index contributed by atoms with van der Waals surface area (Å²) in [4.78, 5) is 24.9. The van der Waals surface area contributed by atoms with Crippen molar-refractivity contribution in [3.63, 3.8) is 0 Å². The van der Waals surface area contributed by atoms with Crippen molar-refractivity contribution < 1.29 is 23.8 Å². The number of nitrogens with zero attached hydrogens (tertiary/aromatic N) is 2. The number of para-hydroxylation sites is 1. The Morgan fingerprint density at radius 3 is 2.49 bits per heavy atom. The van der Waals surface area contributed by atoms with Crippen LogP contribution in [-0.4, -0.2) is 28.4 Å². The summed E-state index contributed by atoms with van der Waals surface area (Å²) in [6.45, 7) is 3.55. The molecule has 2 heterocycles. The van der Waals surface area contributed by atoms with E-state index in [0.29, 0.717) is 34.5 Å². The fraction of sp³-hybridized carbons (Fsp3) is 0.207. The van der Waals surface area contributed by atoms with Gasteiger partial charge in [0.25, 0.3) is 5.91 Å². The molecule has 0 bridgehead atoms. The van der Waals surface area contributed by atoms with Crippen molar-refractivity contribution in [2.24, 2.45) is 0 Å². The van der Waals surface area contributed by atoms with Gasteiger partial charge in [0.2, 0.25) is 12.7 Å². The summed E-state index contributed by atoms with van der Waals surface area (Å²) in [6, 6.07) is 20.4. The number of anilines is 1. The van der Waals surface area contributed by atoms with Crippen LogP contribution in [0.4, 0.5) is 5.69 Å². The molecule has 1 N–H and O–H groups in total. The summed E-state index contributed by atoms with van der Waals surface area (Å²) >= 11 is 0. The lowest BCUT2D eigenvalue weighted by atomic mass is 10.0. The molecule has 0 radical (unpaired) electrons. The van der Waals surface area contributed by atoms with Crippen molar-refractivity contribution in [2.45, 2.75) is 32.6 Å². The number of benzene rings is 3. The van der Waals surface area contributed by atoms with E-state index in [1.165, 1.54) is 6.92 Å². The zero-order valence-electron chi connectivity index (χ0n) is 20.5. The van der Waals surface area contributed by atoms with E-state index in [2.05, 4.69) is 5.32 Å². The number of amides is 1. The van der Waals surface area contributed by atoms with Crippen molar-refractivity contribution >= 4 is 17.6 Å². The second kappa shape index (κ2) is 9.13. The summed E-state index contributed by atoms with van der Waals surface area (Å²) in [5.74, 6) is 1.24. The third-order valence-electron chi connectivity index (χ3n) is 6.48. The maximum Gasteiger partial charge on any atom is 0.309 e. The molecule has 4 aromatic rings. The third-order valence-corrected chi connectivity index (χ3v) is 6.48. The maximum absolute atomic E-state index is 12.8. The van der Waals surface area contributed by atoms with Gasteiger partial charge in [-0.15, -0.1) is 0 Å². The Hall–Kier alpha value is -4.59. The predicted octanol–water partition coefficient (Wildman–Crippen LogP) is 5.63. The van der Waals surface area contributed by atoms with E-state index < -0.39 is 5.97 Å². The molecule has 1 amide bonds. The van der Waals surface area contributed by atoms with Crippen molar-refractivity contribution in [1.82, 2.24) is 9.78 Å². The van der Waals surface area contributed by atoms with E-state index in [0.717, 1.165) is 40.9 Å². The number of rotatable bonds is 6. The molecule has 8 heteroatoms. The Morgan fingerprint density at radius 1 is 1.00 bits per heavy atom. The van der Waals surface area contributed by atoms with Crippen LogP contribution in [0.2, 0.25) is 0 Å². The highest BCUT2D eigenvalue weighted by Gasteiger charge is 2.34. The Bertz CT molecular complexity index is 1520. The molecule has 2 aliphatic rings. The number of aryl methyl sites for hydroxylation is 1. The van der Waals surface area contributed by atoms with Gasteiger partial charge in [0.15, 0.2) is 11.5 Å². The van der Waals surface area contributed by atoms with Crippen molar-refractivity contribution in [1.29, 1.82) is 0 Å². The molecule has 1 aliphatic heterocycles. The number of hydrogen-bond acceptors (Lipinski definition) is 6. The number of fused-ring (bicyclic) bond motifs is 1. The lowest BCUT2D eigenvalue weighted by Crippen LogP contribution is -2.11. The molecule has 0 unspecified atom stereocenters. The summed E-state index contributed by atoms with van der Waals surface area (Å²) < 4.78 is 18.2. The van der Waals surface area contributed by atoms with Crippen molar-refractivity contribution in [3.05, 3.63) is 83.6 Å². The first kappa shape index (κ1) is 22.8. The molecule has 8 nitrogen and oxygen atoms in total. The molecule has 186 valence electrons. The molecular formula is C29H25N3O5. The van der Waals surface area contributed by atoms with Gasteiger partial charge in [-0.05, 0) is 67.3 Å². The molecule has 0 saturated heterocycles. The average molecular weight is 496 g/mol. The lowest BCUT2D eigenvalue weighted by Gasteiger charge is -2.12. The average Bonchev–Trinajstić information content (AvgIpc) is 3.52. The van der Waals surface area contributed by atoms with Crippen LogP contribution >= 0.6 is 0 Å². The van der Waals surface area contributed by atoms with E-state index in [4.69, 9.17) is 19.3 Å². The SMILES string of the molecule is CC(=O)Oc1c(-c2ccc(NC(=O)c3ccc4c(c3)OCO4)cc2)c(C2CC2)nn1-c1ccccc1C. The van der Waals surface area contributed by atoms with Crippen molar-refractivity contribution in [2.75, 3.05) is 12.1 Å². The number of aromatic nitrogens is 2. The van der Waals surface area contributed by atoms with Crippen LogP contribution in [0.15, 0.2) is 66.7 Å². The summed E-state index contributed by atoms with van der Waals surface area (Å²) in [6.07, 6.45) is 2.09. The molecule has 0 atom stereocenters. The minimum Gasteiger partial charge on any atom is -0.454 e. The molecule has 1 saturated carbocycles. The largest absolute Gasteiger partial charge is 0.454 e. The minimum absolute atomic E-state index is 0.153. The highest BCUT2D eigenvalue weighted by molar-refractivity contribution is 6.04. The van der Waals surface area contributed by atoms with Gasteiger partial charge in [-0.3, -0.25) is 9.59 Å². The van der Waals surface area contributed by atoms with Crippen LogP contribution in [0.5, 0.6) is 17.4 Å².